The summed E-state index contributed by atoms with van der Waals surface area (Å²) in [7, 11) is -2.25. The van der Waals surface area contributed by atoms with Crippen molar-refractivity contribution < 1.29 is 27.5 Å². The van der Waals surface area contributed by atoms with E-state index in [1.54, 1.807) is 36.3 Å². The molecule has 1 atom stereocenters. The minimum Gasteiger partial charge on any atom is -0.493 e. The maximum absolute atomic E-state index is 13.1. The maximum Gasteiger partial charge on any atom is 0.261 e. The quantitative estimate of drug-likeness (QED) is 0.352. The van der Waals surface area contributed by atoms with Gasteiger partial charge in [0.1, 0.15) is 0 Å². The molecule has 9 heteroatoms. The van der Waals surface area contributed by atoms with E-state index in [0.29, 0.717) is 41.4 Å². The van der Waals surface area contributed by atoms with Crippen LogP contribution in [0.5, 0.6) is 11.5 Å². The summed E-state index contributed by atoms with van der Waals surface area (Å²) >= 11 is 0. The molecule has 1 unspecified atom stereocenters. The fourth-order valence-electron chi connectivity index (χ4n) is 5.23. The van der Waals surface area contributed by atoms with Crippen LogP contribution >= 0.6 is 0 Å². The molecular weight excluding hydrogens is 516 g/mol. The number of hydrogen-bond acceptors (Lipinski definition) is 6. The largest absolute Gasteiger partial charge is 0.493 e. The monoisotopic (exact) mass is 548 g/mol. The van der Waals surface area contributed by atoms with Gasteiger partial charge in [-0.3, -0.25) is 14.3 Å². The zero-order chi connectivity index (χ0) is 27.6. The first-order chi connectivity index (χ1) is 18.7. The van der Waals surface area contributed by atoms with E-state index in [0.717, 1.165) is 18.4 Å². The smallest absolute Gasteiger partial charge is 0.261 e. The van der Waals surface area contributed by atoms with E-state index in [1.807, 2.05) is 18.2 Å². The Morgan fingerprint density at radius 1 is 0.974 bits per heavy atom. The predicted octanol–water partition coefficient (Wildman–Crippen LogP) is 5.54. The van der Waals surface area contributed by atoms with Gasteiger partial charge in [0.25, 0.3) is 10.0 Å². The van der Waals surface area contributed by atoms with Crippen LogP contribution in [0.3, 0.4) is 0 Å². The van der Waals surface area contributed by atoms with Crippen LogP contribution in [0, 0.1) is 0 Å². The van der Waals surface area contributed by atoms with Crippen LogP contribution in [0.15, 0.2) is 71.6 Å². The van der Waals surface area contributed by atoms with Gasteiger partial charge in [-0.05, 0) is 80.6 Å². The first-order valence-corrected chi connectivity index (χ1v) is 14.6. The highest BCUT2D eigenvalue weighted by Crippen LogP contribution is 2.38. The van der Waals surface area contributed by atoms with Gasteiger partial charge in [0, 0.05) is 30.1 Å². The zero-order valence-corrected chi connectivity index (χ0v) is 22.9. The lowest BCUT2D eigenvalue weighted by atomic mass is 9.98. The third kappa shape index (κ3) is 5.93. The summed E-state index contributed by atoms with van der Waals surface area (Å²) in [5.74, 6) is 1.19. The normalized spacial score (nSPS) is 17.8. The minimum absolute atomic E-state index is 0.0329. The number of benzene rings is 3. The molecule has 2 fully saturated rings. The number of carbonyl (C=O) groups is 2. The molecule has 0 bridgehead atoms. The molecule has 1 heterocycles. The fourth-order valence-corrected chi connectivity index (χ4v) is 6.28. The first-order valence-electron chi connectivity index (χ1n) is 13.1. The van der Waals surface area contributed by atoms with E-state index >= 15 is 0 Å². The van der Waals surface area contributed by atoms with Crippen molar-refractivity contribution in [2.24, 2.45) is 0 Å². The van der Waals surface area contributed by atoms with Crippen LogP contribution in [-0.2, 0) is 14.8 Å². The summed E-state index contributed by atoms with van der Waals surface area (Å²) in [6.45, 7) is 1.89. The average molecular weight is 549 g/mol. The number of ether oxygens (including phenoxy) is 2. The summed E-state index contributed by atoms with van der Waals surface area (Å²) in [6, 6.07) is 18.4. The molecule has 0 radical (unpaired) electrons. The highest BCUT2D eigenvalue weighted by atomic mass is 32.2. The zero-order valence-electron chi connectivity index (χ0n) is 22.1. The van der Waals surface area contributed by atoms with E-state index in [-0.39, 0.29) is 28.6 Å². The third-order valence-corrected chi connectivity index (χ3v) is 8.76. The van der Waals surface area contributed by atoms with Crippen LogP contribution in [0.2, 0.25) is 0 Å². The Hall–Kier alpha value is -3.85. The van der Waals surface area contributed by atoms with Crippen molar-refractivity contribution in [2.45, 2.75) is 55.9 Å². The second-order valence-electron chi connectivity index (χ2n) is 10.1. The van der Waals surface area contributed by atoms with Gasteiger partial charge in [0.05, 0.1) is 23.8 Å². The van der Waals surface area contributed by atoms with Crippen LogP contribution in [0.4, 0.5) is 11.4 Å². The van der Waals surface area contributed by atoms with Gasteiger partial charge in [-0.25, -0.2) is 8.42 Å². The molecule has 1 N–H and O–H groups in total. The van der Waals surface area contributed by atoms with Crippen LogP contribution in [0.1, 0.15) is 60.9 Å². The van der Waals surface area contributed by atoms with Crippen molar-refractivity contribution in [3.8, 4) is 11.5 Å². The lowest BCUT2D eigenvalue weighted by Gasteiger charge is -2.20. The number of Topliss-reactive ketones (excluding diaryl/α,β-unsaturated/α-hetero) is 1. The van der Waals surface area contributed by atoms with Gasteiger partial charge in [-0.2, -0.15) is 0 Å². The lowest BCUT2D eigenvalue weighted by Crippen LogP contribution is -2.24. The Morgan fingerprint density at radius 3 is 2.41 bits per heavy atom. The molecule has 3 aromatic rings. The number of nitrogens with zero attached hydrogens (tertiary/aromatic N) is 1. The van der Waals surface area contributed by atoms with Crippen LogP contribution < -0.4 is 19.1 Å². The molecule has 1 aliphatic carbocycles. The molecule has 0 aromatic heterocycles. The number of ketones is 1. The van der Waals surface area contributed by atoms with Crippen molar-refractivity contribution in [1.29, 1.82) is 0 Å². The fraction of sp³-hybridized carbons (Fsp3) is 0.333. The van der Waals surface area contributed by atoms with Crippen molar-refractivity contribution in [3.05, 3.63) is 77.9 Å². The molecule has 0 spiro atoms. The third-order valence-electron chi connectivity index (χ3n) is 7.36. The van der Waals surface area contributed by atoms with E-state index in [2.05, 4.69) is 4.72 Å². The van der Waals surface area contributed by atoms with Gasteiger partial charge in [0.2, 0.25) is 5.91 Å². The Morgan fingerprint density at radius 2 is 1.72 bits per heavy atom. The first kappa shape index (κ1) is 26.7. The number of methoxy groups -OCH3 is 1. The molecule has 1 saturated carbocycles. The summed E-state index contributed by atoms with van der Waals surface area (Å²) in [5, 5.41) is 0. The number of nitrogens with one attached hydrogen (secondary N) is 1. The standard InChI is InChI=1S/C30H32N2O6S/c1-20(33)21-10-13-27(14-11-21)39(35,36)31-24-6-5-7-25(18-24)32-19-23(17-30(32)34)22-12-15-28(37-2)29(16-22)38-26-8-3-4-9-26/h5-7,10-16,18,23,26,31H,3-4,8-9,17,19H2,1-2H3. The number of amides is 1. The van der Waals surface area contributed by atoms with E-state index in [4.69, 9.17) is 9.47 Å². The molecule has 39 heavy (non-hydrogen) atoms. The van der Waals surface area contributed by atoms with Crippen LogP contribution in [-0.4, -0.2) is 39.9 Å². The number of rotatable bonds is 9. The number of anilines is 2. The van der Waals surface area contributed by atoms with Crippen LogP contribution in [0.25, 0.3) is 0 Å². The molecule has 8 nitrogen and oxygen atoms in total. The summed E-state index contributed by atoms with van der Waals surface area (Å²) < 4.78 is 40.2. The highest BCUT2D eigenvalue weighted by Gasteiger charge is 2.32. The molecule has 1 amide bonds. The Labute approximate surface area is 229 Å². The number of hydrogen-bond donors (Lipinski definition) is 1. The average Bonchev–Trinajstić information content (AvgIpc) is 3.58. The molecule has 1 saturated heterocycles. The molecule has 2 aliphatic rings. The SMILES string of the molecule is COc1ccc(C2CC(=O)N(c3cccc(NS(=O)(=O)c4ccc(C(C)=O)cc4)c3)C2)cc1OC1CCCC1. The molecule has 5 rings (SSSR count). The Kier molecular flexibility index (Phi) is 7.61. The second-order valence-corrected chi connectivity index (χ2v) is 11.8. The summed E-state index contributed by atoms with van der Waals surface area (Å²) in [5.41, 5.74) is 2.40. The van der Waals surface area contributed by atoms with Gasteiger partial charge in [-0.15, -0.1) is 0 Å². The highest BCUT2D eigenvalue weighted by molar-refractivity contribution is 7.92. The summed E-state index contributed by atoms with van der Waals surface area (Å²) in [6.07, 6.45) is 4.93. The molecule has 1 aliphatic heterocycles. The predicted molar refractivity (Wildman–Crippen MR) is 149 cm³/mol. The van der Waals surface area contributed by atoms with E-state index in [1.165, 1.54) is 44.0 Å². The topological polar surface area (TPSA) is 102 Å². The van der Waals surface area contributed by atoms with E-state index < -0.39 is 10.0 Å². The molecule has 204 valence electrons. The molecular formula is C30H32N2O6S. The van der Waals surface area contributed by atoms with Gasteiger partial charge in [0.15, 0.2) is 17.3 Å². The Bertz CT molecular complexity index is 1480. The number of sulfonamides is 1. The minimum atomic E-state index is -3.88. The summed E-state index contributed by atoms with van der Waals surface area (Å²) in [4.78, 5) is 26.3. The van der Waals surface area contributed by atoms with Gasteiger partial charge >= 0.3 is 0 Å². The lowest BCUT2D eigenvalue weighted by molar-refractivity contribution is -0.117. The molecule has 3 aromatic carbocycles. The van der Waals surface area contributed by atoms with Crippen molar-refractivity contribution in [3.63, 3.8) is 0 Å². The second kappa shape index (κ2) is 11.1. The van der Waals surface area contributed by atoms with Crippen molar-refractivity contribution >= 4 is 33.1 Å². The van der Waals surface area contributed by atoms with Crippen molar-refractivity contribution in [1.82, 2.24) is 0 Å². The maximum atomic E-state index is 13.1. The van der Waals surface area contributed by atoms with E-state index in [9.17, 15) is 18.0 Å². The Balaban J connectivity index is 1.32. The number of carbonyl (C=O) groups excluding carboxylic acids is 2. The van der Waals surface area contributed by atoms with Gasteiger partial charge in [-0.1, -0.05) is 24.3 Å². The van der Waals surface area contributed by atoms with Gasteiger partial charge < -0.3 is 14.4 Å². The van der Waals surface area contributed by atoms with Crippen molar-refractivity contribution in [2.75, 3.05) is 23.3 Å².